The number of amides is 6. The highest BCUT2D eigenvalue weighted by Crippen LogP contribution is 2.48. The molecular formula is C58H45Cl2N7O18. The molecule has 8 atom stereocenters. The van der Waals surface area contributed by atoms with Crippen molar-refractivity contribution in [3.8, 4) is 80.1 Å². The maximum Gasteiger partial charge on any atom is 0.330 e. The number of phenols is 6. The zero-order chi connectivity index (χ0) is 60.4. The van der Waals surface area contributed by atoms with Crippen LogP contribution in [0.4, 0.5) is 0 Å². The van der Waals surface area contributed by atoms with E-state index < -0.39 is 152 Å². The molecule has 6 aliphatic heterocycles. The lowest BCUT2D eigenvalue weighted by atomic mass is 9.89. The zero-order valence-electron chi connectivity index (χ0n) is 43.3. The van der Waals surface area contributed by atoms with Crippen LogP contribution in [0, 0.1) is 0 Å². The number of aliphatic hydroxyl groups excluding tert-OH is 1. The van der Waals surface area contributed by atoms with Gasteiger partial charge in [0.15, 0.2) is 29.0 Å². The molecular weight excluding hydrogens is 1150 g/mol. The SMILES string of the molecule is N[C@@H]1C(=O)NC2Cc3ccc(c(Cl)c3)Oc3cc4cc(c3O)Oc3ccc(cc3Cl)[C@@H](O)C3NC(=O)C(NC(=O)C4NC(=O)C(NC2=O)c2cc(O)cc(c2)Oc2cc1ccc2O)c1ccc(O)c(c1)-c1c(O)cc(O)cc1[C@@H](C(=O)O)NC3=O. The van der Waals surface area contributed by atoms with Crippen LogP contribution in [0.3, 0.4) is 0 Å². The average Bonchev–Trinajstić information content (AvgIpc) is 3.65. The lowest BCUT2D eigenvalue weighted by molar-refractivity contribution is -0.143. The number of ether oxygens (including phenoxy) is 3. The molecule has 13 rings (SSSR count). The summed E-state index contributed by atoms with van der Waals surface area (Å²) in [5, 5.41) is 105. The van der Waals surface area contributed by atoms with Crippen LogP contribution < -0.4 is 51.8 Å². The van der Waals surface area contributed by atoms with Gasteiger partial charge in [-0.2, -0.15) is 0 Å². The van der Waals surface area contributed by atoms with E-state index in [9.17, 15) is 60.0 Å². The van der Waals surface area contributed by atoms with Crippen molar-refractivity contribution in [3.05, 3.63) is 164 Å². The van der Waals surface area contributed by atoms with Crippen LogP contribution in [-0.2, 0) is 40.0 Å². The van der Waals surface area contributed by atoms with Gasteiger partial charge in [0.25, 0.3) is 0 Å². The second kappa shape index (κ2) is 22.0. The van der Waals surface area contributed by atoms with Gasteiger partial charge in [0.1, 0.15) is 82.6 Å². The number of aliphatic carboxylic acids is 1. The van der Waals surface area contributed by atoms with E-state index in [1.807, 2.05) is 0 Å². The summed E-state index contributed by atoms with van der Waals surface area (Å²) < 4.78 is 18.4. The van der Waals surface area contributed by atoms with Gasteiger partial charge >= 0.3 is 5.97 Å². The van der Waals surface area contributed by atoms with Crippen molar-refractivity contribution in [1.29, 1.82) is 0 Å². The first-order valence-electron chi connectivity index (χ1n) is 25.5. The van der Waals surface area contributed by atoms with E-state index >= 15 is 14.4 Å². The molecule has 0 aromatic heterocycles. The first kappa shape index (κ1) is 56.4. The minimum Gasteiger partial charge on any atom is -0.508 e. The number of halogens is 2. The minimum atomic E-state index is -2.19. The summed E-state index contributed by atoms with van der Waals surface area (Å²) in [5.41, 5.74) is 4.41. The lowest BCUT2D eigenvalue weighted by Gasteiger charge is -2.31. The van der Waals surface area contributed by atoms with Gasteiger partial charge < -0.3 is 92.7 Å². The second-order valence-corrected chi connectivity index (χ2v) is 20.9. The Bertz CT molecular complexity index is 4030. The number of hydrogen-bond donors (Lipinski definition) is 15. The topological polar surface area (TPSA) is 407 Å². The quantitative estimate of drug-likeness (QED) is 0.103. The molecule has 0 saturated carbocycles. The average molecular weight is 1200 g/mol. The number of hydrogen-bond acceptors (Lipinski definition) is 18. The number of benzene rings is 7. The fourth-order valence-corrected chi connectivity index (χ4v) is 10.7. The molecule has 6 heterocycles. The van der Waals surface area contributed by atoms with Gasteiger partial charge in [-0.1, -0.05) is 47.5 Å². The van der Waals surface area contributed by atoms with Crippen molar-refractivity contribution in [1.82, 2.24) is 31.9 Å². The normalized spacial score (nSPS) is 22.0. The number of carboxylic acid groups (broad SMARTS) is 1. The predicted octanol–water partition coefficient (Wildman–Crippen LogP) is 4.98. The molecule has 434 valence electrons. The third kappa shape index (κ3) is 10.9. The van der Waals surface area contributed by atoms with Gasteiger partial charge in [-0.3, -0.25) is 28.8 Å². The number of nitrogens with two attached hydrogens (primary N) is 1. The molecule has 7 aromatic carbocycles. The molecule has 6 aliphatic rings. The Hall–Kier alpha value is -10.5. The van der Waals surface area contributed by atoms with Gasteiger partial charge in [0.05, 0.1) is 10.0 Å². The second-order valence-electron chi connectivity index (χ2n) is 20.1. The molecule has 0 aliphatic carbocycles. The van der Waals surface area contributed by atoms with Crippen LogP contribution in [0.2, 0.25) is 10.0 Å². The molecule has 25 nitrogen and oxygen atoms in total. The van der Waals surface area contributed by atoms with E-state index in [1.165, 1.54) is 54.6 Å². The highest BCUT2D eigenvalue weighted by Gasteiger charge is 2.41. The van der Waals surface area contributed by atoms with Gasteiger partial charge in [-0.15, -0.1) is 0 Å². The maximum atomic E-state index is 15.7. The molecule has 0 fully saturated rings. The number of rotatable bonds is 1. The Balaban J connectivity index is 1.14. The number of aliphatic hydroxyl groups is 1. The summed E-state index contributed by atoms with van der Waals surface area (Å²) in [7, 11) is 0. The smallest absolute Gasteiger partial charge is 0.330 e. The third-order valence-electron chi connectivity index (χ3n) is 14.4. The van der Waals surface area contributed by atoms with E-state index in [0.717, 1.165) is 60.7 Å². The monoisotopic (exact) mass is 1200 g/mol. The number of fused-ring (bicyclic) bond motifs is 14. The molecule has 7 aromatic rings. The molecule has 6 amide bonds. The van der Waals surface area contributed by atoms with E-state index in [1.54, 1.807) is 0 Å². The summed E-state index contributed by atoms with van der Waals surface area (Å²) in [5.74, 6) is -14.9. The molecule has 17 bridgehead atoms. The van der Waals surface area contributed by atoms with Crippen LogP contribution in [0.25, 0.3) is 11.1 Å². The number of carboxylic acids is 1. The van der Waals surface area contributed by atoms with E-state index in [-0.39, 0.29) is 67.3 Å². The molecule has 85 heavy (non-hydrogen) atoms. The highest BCUT2D eigenvalue weighted by molar-refractivity contribution is 6.32. The van der Waals surface area contributed by atoms with Crippen LogP contribution in [-0.4, -0.2) is 94.3 Å². The van der Waals surface area contributed by atoms with Gasteiger partial charge in [0.2, 0.25) is 41.2 Å². The van der Waals surface area contributed by atoms with Crippen LogP contribution in [0.5, 0.6) is 69.0 Å². The van der Waals surface area contributed by atoms with E-state index in [0.29, 0.717) is 5.56 Å². The summed E-state index contributed by atoms with van der Waals surface area (Å²) in [6.07, 6.45) is -2.47. The molecule has 0 spiro atoms. The van der Waals surface area contributed by atoms with Crippen molar-refractivity contribution >= 4 is 64.6 Å². The predicted molar refractivity (Wildman–Crippen MR) is 295 cm³/mol. The van der Waals surface area contributed by atoms with Crippen molar-refractivity contribution < 1.29 is 88.6 Å². The summed E-state index contributed by atoms with van der Waals surface area (Å²) >= 11 is 13.7. The maximum absolute atomic E-state index is 15.7. The van der Waals surface area contributed by atoms with Crippen molar-refractivity contribution in [2.24, 2.45) is 5.73 Å². The van der Waals surface area contributed by atoms with Gasteiger partial charge in [-0.05, 0) is 112 Å². The standard InChI is InChI=1S/C58H45Cl2N7O18/c59-32-9-21-1-7-38(32)84-41-16-26-17-42(51(41)74)85-39-8-4-24(14-33(39)60)50(73)49-57(80)66-48(58(81)82)31-19-28(69)20-37(72)43(31)30-13-23(3-5-35(30)70)45(54(77)67-49)64-56(79)47(26)65-55(78)46-25-11-27(68)18-29(12-25)83-40-15-22(2-6-36(40)71)44(61)53(76)62-34(10-21)52(75)63-46/h1-9,11-20,34,44-50,68-74H,10,61H2,(H,62,76)(H,63,75)(H,64,79)(H,65,78)(H,66,80)(H,67,77)(H,81,82)/t34?,44-,45?,46?,47?,48-,49?,50+/m0/s1. The zero-order valence-corrected chi connectivity index (χ0v) is 44.8. The number of phenolic OH excluding ortho intramolecular Hbond substituents is 6. The number of carbonyl (C=O) groups is 7. The summed E-state index contributed by atoms with van der Waals surface area (Å²) in [6, 6.07) is 8.15. The van der Waals surface area contributed by atoms with Crippen LogP contribution in [0.15, 0.2) is 115 Å². The molecule has 0 radical (unpaired) electrons. The Morgan fingerprint density at radius 2 is 1.07 bits per heavy atom. The van der Waals surface area contributed by atoms with E-state index in [4.69, 9.17) is 43.1 Å². The number of carbonyl (C=O) groups excluding carboxylic acids is 6. The fourth-order valence-electron chi connectivity index (χ4n) is 10.2. The van der Waals surface area contributed by atoms with E-state index in [2.05, 4.69) is 31.9 Å². The summed E-state index contributed by atoms with van der Waals surface area (Å²) in [6.45, 7) is 0. The molecule has 0 saturated heterocycles. The largest absolute Gasteiger partial charge is 0.508 e. The van der Waals surface area contributed by atoms with Crippen molar-refractivity contribution in [2.45, 2.75) is 54.8 Å². The first-order valence-corrected chi connectivity index (χ1v) is 26.3. The number of aromatic hydroxyl groups is 6. The molecule has 27 heteroatoms. The lowest BCUT2D eigenvalue weighted by Crippen LogP contribution is -2.55. The highest BCUT2D eigenvalue weighted by atomic mass is 35.5. The Labute approximate surface area is 488 Å². The molecule has 5 unspecified atom stereocenters. The van der Waals surface area contributed by atoms with Gasteiger partial charge in [0, 0.05) is 35.2 Å². The van der Waals surface area contributed by atoms with Crippen LogP contribution in [0.1, 0.15) is 75.3 Å². The Morgan fingerprint density at radius 3 is 1.74 bits per heavy atom. The summed E-state index contributed by atoms with van der Waals surface area (Å²) in [4.78, 5) is 103. The Kier molecular flexibility index (Phi) is 14.6. The fraction of sp³-hybridized carbons (Fsp3) is 0.155. The molecule has 16 N–H and O–H groups in total. The third-order valence-corrected chi connectivity index (χ3v) is 15.0. The van der Waals surface area contributed by atoms with Gasteiger partial charge in [-0.25, -0.2) is 4.79 Å². The van der Waals surface area contributed by atoms with Crippen molar-refractivity contribution in [2.75, 3.05) is 0 Å². The van der Waals surface area contributed by atoms with Crippen LogP contribution >= 0.6 is 23.2 Å². The first-order chi connectivity index (χ1) is 40.5. The number of nitrogens with one attached hydrogen (secondary N) is 6. The minimum absolute atomic E-state index is 0.119. The van der Waals surface area contributed by atoms with Crippen molar-refractivity contribution in [3.63, 3.8) is 0 Å². The Morgan fingerprint density at radius 1 is 0.494 bits per heavy atom.